The second-order valence-corrected chi connectivity index (χ2v) is 4.85. The SMILES string of the molecule is C=CCCC(CC=C)(CC=C)C(CO)(CO)CO.O. The van der Waals surface area contributed by atoms with Crippen molar-refractivity contribution in [3.63, 3.8) is 0 Å². The van der Waals surface area contributed by atoms with Gasteiger partial charge in [0.25, 0.3) is 0 Å². The van der Waals surface area contributed by atoms with E-state index in [1.54, 1.807) is 18.2 Å². The Morgan fingerprint density at radius 2 is 1.16 bits per heavy atom. The highest BCUT2D eigenvalue weighted by molar-refractivity contribution is 5.04. The zero-order valence-electron chi connectivity index (χ0n) is 11.6. The molecule has 0 atom stereocenters. The predicted molar refractivity (Wildman–Crippen MR) is 78.8 cm³/mol. The quantitative estimate of drug-likeness (QED) is 0.494. The average molecular weight is 272 g/mol. The van der Waals surface area contributed by atoms with Crippen molar-refractivity contribution in [2.75, 3.05) is 19.8 Å². The third kappa shape index (κ3) is 4.28. The second-order valence-electron chi connectivity index (χ2n) is 4.85. The molecule has 0 aromatic rings. The van der Waals surface area contributed by atoms with Crippen LogP contribution in [0.2, 0.25) is 0 Å². The van der Waals surface area contributed by atoms with Crippen LogP contribution in [0.5, 0.6) is 0 Å². The summed E-state index contributed by atoms with van der Waals surface area (Å²) in [5.74, 6) is 0. The third-order valence-corrected chi connectivity index (χ3v) is 3.93. The van der Waals surface area contributed by atoms with E-state index >= 15 is 0 Å². The lowest BCUT2D eigenvalue weighted by atomic mass is 9.58. The Kier molecular flexibility index (Phi) is 10.6. The molecule has 112 valence electrons. The third-order valence-electron chi connectivity index (χ3n) is 3.93. The van der Waals surface area contributed by atoms with Gasteiger partial charge in [-0.3, -0.25) is 0 Å². The molecular weight excluding hydrogens is 244 g/mol. The van der Waals surface area contributed by atoms with E-state index in [0.29, 0.717) is 12.8 Å². The Hall–Kier alpha value is -0.940. The van der Waals surface area contributed by atoms with Gasteiger partial charge in [-0.2, -0.15) is 0 Å². The molecule has 0 aliphatic heterocycles. The Morgan fingerprint density at radius 3 is 1.42 bits per heavy atom. The fraction of sp³-hybridized carbons (Fsp3) is 0.600. The first-order chi connectivity index (χ1) is 8.61. The van der Waals surface area contributed by atoms with E-state index in [4.69, 9.17) is 0 Å². The van der Waals surface area contributed by atoms with Crippen LogP contribution in [-0.2, 0) is 0 Å². The molecule has 0 aromatic heterocycles. The molecule has 0 bridgehead atoms. The first-order valence-corrected chi connectivity index (χ1v) is 6.27. The van der Waals surface area contributed by atoms with Gasteiger partial charge in [0.15, 0.2) is 0 Å². The van der Waals surface area contributed by atoms with Gasteiger partial charge in [0.1, 0.15) is 0 Å². The van der Waals surface area contributed by atoms with E-state index in [9.17, 15) is 15.3 Å². The van der Waals surface area contributed by atoms with Crippen LogP contribution in [0.15, 0.2) is 38.0 Å². The minimum absolute atomic E-state index is 0. The lowest BCUT2D eigenvalue weighted by Gasteiger charge is -2.48. The van der Waals surface area contributed by atoms with Gasteiger partial charge in [0.2, 0.25) is 0 Å². The van der Waals surface area contributed by atoms with Crippen molar-refractivity contribution in [3.05, 3.63) is 38.0 Å². The molecule has 0 amide bonds. The Balaban J connectivity index is 0. The number of hydrogen-bond donors (Lipinski definition) is 3. The maximum Gasteiger partial charge on any atom is 0.0537 e. The average Bonchev–Trinajstić information content (AvgIpc) is 2.39. The number of hydrogen-bond acceptors (Lipinski definition) is 3. The van der Waals surface area contributed by atoms with E-state index in [1.165, 1.54) is 0 Å². The molecular formula is C15H28O4. The Labute approximate surface area is 116 Å². The zero-order valence-corrected chi connectivity index (χ0v) is 11.6. The minimum Gasteiger partial charge on any atom is -0.412 e. The van der Waals surface area contributed by atoms with Gasteiger partial charge in [-0.25, -0.2) is 0 Å². The summed E-state index contributed by atoms with van der Waals surface area (Å²) in [5, 5.41) is 29.0. The van der Waals surface area contributed by atoms with Crippen LogP contribution in [-0.4, -0.2) is 40.6 Å². The molecule has 0 radical (unpaired) electrons. The number of aliphatic hydroxyl groups excluding tert-OH is 3. The summed E-state index contributed by atoms with van der Waals surface area (Å²) in [7, 11) is 0. The summed E-state index contributed by atoms with van der Waals surface area (Å²) in [5.41, 5.74) is -1.37. The normalized spacial score (nSPS) is 11.5. The van der Waals surface area contributed by atoms with Gasteiger partial charge in [-0.05, 0) is 31.1 Å². The molecule has 0 aromatic carbocycles. The van der Waals surface area contributed by atoms with Crippen LogP contribution in [0.25, 0.3) is 0 Å². The maximum absolute atomic E-state index is 9.65. The molecule has 0 spiro atoms. The van der Waals surface area contributed by atoms with Gasteiger partial charge in [-0.15, -0.1) is 19.7 Å². The fourth-order valence-corrected chi connectivity index (χ4v) is 2.57. The molecule has 0 heterocycles. The monoisotopic (exact) mass is 272 g/mol. The van der Waals surface area contributed by atoms with Gasteiger partial charge in [-0.1, -0.05) is 18.2 Å². The lowest BCUT2D eigenvalue weighted by molar-refractivity contribution is -0.0959. The summed E-state index contributed by atoms with van der Waals surface area (Å²) >= 11 is 0. The summed E-state index contributed by atoms with van der Waals surface area (Å²) in [6.45, 7) is 10.4. The summed E-state index contributed by atoms with van der Waals surface area (Å²) in [6, 6.07) is 0. The molecule has 5 N–H and O–H groups in total. The van der Waals surface area contributed by atoms with Crippen molar-refractivity contribution in [2.24, 2.45) is 10.8 Å². The van der Waals surface area contributed by atoms with Crippen molar-refractivity contribution in [3.8, 4) is 0 Å². The molecule has 19 heavy (non-hydrogen) atoms. The maximum atomic E-state index is 9.65. The molecule has 0 aliphatic carbocycles. The number of aliphatic hydroxyl groups is 3. The van der Waals surface area contributed by atoms with Crippen LogP contribution in [0.4, 0.5) is 0 Å². The van der Waals surface area contributed by atoms with Gasteiger partial charge in [0.05, 0.1) is 19.8 Å². The van der Waals surface area contributed by atoms with E-state index in [2.05, 4.69) is 19.7 Å². The Bertz CT molecular complexity index is 251. The summed E-state index contributed by atoms with van der Waals surface area (Å²) in [6.07, 6.45) is 8.02. The number of allylic oxidation sites excluding steroid dienone is 3. The first kappa shape index (κ1) is 20.4. The standard InChI is InChI=1S/C15H26O3.H2O/c1-4-7-10-14(8-5-2,9-6-3)15(11-16,12-17)13-18;/h4-6,16-18H,1-3,7-13H2;1H2. The van der Waals surface area contributed by atoms with E-state index in [-0.39, 0.29) is 25.3 Å². The zero-order chi connectivity index (χ0) is 14.1. The molecule has 0 unspecified atom stereocenters. The van der Waals surface area contributed by atoms with Crippen molar-refractivity contribution in [1.82, 2.24) is 0 Å². The lowest BCUT2D eigenvalue weighted by Crippen LogP contribution is -2.50. The van der Waals surface area contributed by atoms with Crippen LogP contribution in [0, 0.1) is 10.8 Å². The van der Waals surface area contributed by atoms with Crippen LogP contribution in [0.3, 0.4) is 0 Å². The van der Waals surface area contributed by atoms with Gasteiger partial charge < -0.3 is 20.8 Å². The summed E-state index contributed by atoms with van der Waals surface area (Å²) in [4.78, 5) is 0. The Morgan fingerprint density at radius 1 is 0.737 bits per heavy atom. The second kappa shape index (κ2) is 9.92. The van der Waals surface area contributed by atoms with E-state index in [1.807, 2.05) is 0 Å². The van der Waals surface area contributed by atoms with Gasteiger partial charge >= 0.3 is 0 Å². The van der Waals surface area contributed by atoms with Crippen LogP contribution < -0.4 is 0 Å². The fourth-order valence-electron chi connectivity index (χ4n) is 2.57. The highest BCUT2D eigenvalue weighted by atomic mass is 16.3. The van der Waals surface area contributed by atoms with Crippen LogP contribution in [0.1, 0.15) is 25.7 Å². The minimum atomic E-state index is -0.932. The first-order valence-electron chi connectivity index (χ1n) is 6.27. The molecule has 0 fully saturated rings. The van der Waals surface area contributed by atoms with Crippen LogP contribution >= 0.6 is 0 Å². The molecule has 4 nitrogen and oxygen atoms in total. The van der Waals surface area contributed by atoms with E-state index < -0.39 is 10.8 Å². The van der Waals surface area contributed by atoms with Gasteiger partial charge in [0, 0.05) is 5.41 Å². The largest absolute Gasteiger partial charge is 0.412 e. The van der Waals surface area contributed by atoms with Crippen molar-refractivity contribution < 1.29 is 20.8 Å². The highest BCUT2D eigenvalue weighted by Gasteiger charge is 2.48. The molecule has 0 saturated carbocycles. The smallest absolute Gasteiger partial charge is 0.0537 e. The molecule has 4 heteroatoms. The summed E-state index contributed by atoms with van der Waals surface area (Å²) < 4.78 is 0. The molecule has 0 aliphatic rings. The van der Waals surface area contributed by atoms with E-state index in [0.717, 1.165) is 12.8 Å². The number of rotatable bonds is 11. The topological polar surface area (TPSA) is 92.2 Å². The van der Waals surface area contributed by atoms with Crippen molar-refractivity contribution in [1.29, 1.82) is 0 Å². The molecule has 0 rings (SSSR count). The molecule has 0 saturated heterocycles. The van der Waals surface area contributed by atoms with Crippen molar-refractivity contribution in [2.45, 2.75) is 25.7 Å². The predicted octanol–water partition coefficient (Wildman–Crippen LogP) is 1.23. The highest BCUT2D eigenvalue weighted by Crippen LogP contribution is 2.49. The van der Waals surface area contributed by atoms with Crippen molar-refractivity contribution >= 4 is 0 Å².